The van der Waals surface area contributed by atoms with Crippen molar-refractivity contribution in [2.45, 2.75) is 10.8 Å². The number of hydrogen-bond acceptors (Lipinski definition) is 3. The maximum Gasteiger partial charge on any atom is 0.131 e. The van der Waals surface area contributed by atoms with Gasteiger partial charge in [0.05, 0.1) is 5.92 Å². The van der Waals surface area contributed by atoms with Gasteiger partial charge in [0.25, 0.3) is 0 Å². The zero-order chi connectivity index (χ0) is 13.0. The molecule has 0 saturated heterocycles. The summed E-state index contributed by atoms with van der Waals surface area (Å²) in [6, 6.07) is 14.8. The van der Waals surface area contributed by atoms with Crippen molar-refractivity contribution >= 4 is 18.0 Å². The van der Waals surface area contributed by atoms with E-state index in [9.17, 15) is 9.90 Å². The van der Waals surface area contributed by atoms with Crippen molar-refractivity contribution in [2.24, 2.45) is 0 Å². The highest BCUT2D eigenvalue weighted by atomic mass is 32.2. The first-order valence-corrected chi connectivity index (χ1v) is 6.86. The molecule has 1 atom stereocenters. The summed E-state index contributed by atoms with van der Waals surface area (Å²) in [4.78, 5) is 12.4. The molecule has 2 nitrogen and oxygen atoms in total. The van der Waals surface area contributed by atoms with Crippen LogP contribution in [0.15, 0.2) is 53.4 Å². The van der Waals surface area contributed by atoms with E-state index in [2.05, 4.69) is 0 Å². The van der Waals surface area contributed by atoms with E-state index in [4.69, 9.17) is 0 Å². The molecular formula is C15H14O2S. The fraction of sp³-hybridized carbons (Fsp3) is 0.133. The van der Waals surface area contributed by atoms with Crippen molar-refractivity contribution in [3.63, 3.8) is 0 Å². The van der Waals surface area contributed by atoms with E-state index >= 15 is 0 Å². The monoisotopic (exact) mass is 258 g/mol. The highest BCUT2D eigenvalue weighted by molar-refractivity contribution is 7.98. The lowest BCUT2D eigenvalue weighted by molar-refractivity contribution is -0.108. The van der Waals surface area contributed by atoms with Crippen LogP contribution in [0.5, 0.6) is 5.75 Å². The highest BCUT2D eigenvalue weighted by Crippen LogP contribution is 2.30. The number of thioether (sulfide) groups is 1. The number of phenolic OH excluding ortho intramolecular Hbond substituents is 1. The Bertz CT molecular complexity index is 534. The smallest absolute Gasteiger partial charge is 0.131 e. The van der Waals surface area contributed by atoms with Gasteiger partial charge in [-0.1, -0.05) is 30.3 Å². The predicted octanol–water partition coefficient (Wildman–Crippen LogP) is 3.44. The molecule has 2 aromatic rings. The molecule has 0 radical (unpaired) electrons. The summed E-state index contributed by atoms with van der Waals surface area (Å²) in [5, 5.41) is 9.81. The number of aromatic hydroxyl groups is 1. The molecule has 0 spiro atoms. The first-order valence-electron chi connectivity index (χ1n) is 5.63. The van der Waals surface area contributed by atoms with E-state index in [0.717, 1.165) is 16.7 Å². The second-order valence-electron chi connectivity index (χ2n) is 3.95. The largest absolute Gasteiger partial charge is 0.508 e. The fourth-order valence-corrected chi connectivity index (χ4v) is 2.30. The van der Waals surface area contributed by atoms with E-state index < -0.39 is 5.92 Å². The van der Waals surface area contributed by atoms with Crippen LogP contribution in [0.3, 0.4) is 0 Å². The van der Waals surface area contributed by atoms with Gasteiger partial charge < -0.3 is 9.90 Å². The minimum atomic E-state index is -0.415. The Labute approximate surface area is 111 Å². The van der Waals surface area contributed by atoms with E-state index in [1.54, 1.807) is 30.0 Å². The normalized spacial score (nSPS) is 12.1. The molecule has 0 aliphatic heterocycles. The van der Waals surface area contributed by atoms with Crippen molar-refractivity contribution in [1.82, 2.24) is 0 Å². The van der Waals surface area contributed by atoms with Gasteiger partial charge in [0.1, 0.15) is 12.0 Å². The molecule has 0 bridgehead atoms. The molecule has 0 aliphatic rings. The molecule has 3 heteroatoms. The number of carbonyl (C=O) groups excluding carboxylic acids is 1. The number of phenols is 1. The Morgan fingerprint density at radius 3 is 2.33 bits per heavy atom. The van der Waals surface area contributed by atoms with Gasteiger partial charge in [-0.15, -0.1) is 11.8 Å². The quantitative estimate of drug-likeness (QED) is 0.674. The van der Waals surface area contributed by atoms with Crippen LogP contribution in [0.25, 0.3) is 0 Å². The number of carbonyl (C=O) groups is 1. The first kappa shape index (κ1) is 12.7. The number of hydrogen-bond donors (Lipinski definition) is 1. The van der Waals surface area contributed by atoms with Gasteiger partial charge in [0.15, 0.2) is 0 Å². The molecule has 18 heavy (non-hydrogen) atoms. The molecule has 1 N–H and O–H groups in total. The lowest BCUT2D eigenvalue weighted by Gasteiger charge is -2.13. The van der Waals surface area contributed by atoms with Gasteiger partial charge in [0, 0.05) is 10.5 Å². The summed E-state index contributed by atoms with van der Waals surface area (Å²) in [7, 11) is 0. The van der Waals surface area contributed by atoms with Gasteiger partial charge in [-0.05, 0) is 30.0 Å². The molecule has 0 fully saturated rings. The molecule has 92 valence electrons. The zero-order valence-corrected chi connectivity index (χ0v) is 10.9. The molecule has 1 unspecified atom stereocenters. The third-order valence-electron chi connectivity index (χ3n) is 2.88. The van der Waals surface area contributed by atoms with E-state index in [1.807, 2.05) is 36.6 Å². The van der Waals surface area contributed by atoms with Crippen molar-refractivity contribution in [1.29, 1.82) is 0 Å². The topological polar surface area (TPSA) is 37.3 Å². The standard InChI is InChI=1S/C15H14O2S/c1-18-12-8-6-11(7-9-12)14(10-16)13-4-2-3-5-15(13)17/h2-10,14,17H,1H3. The maximum absolute atomic E-state index is 11.3. The van der Waals surface area contributed by atoms with Gasteiger partial charge in [-0.2, -0.15) is 0 Å². The number of aldehydes is 1. The van der Waals surface area contributed by atoms with Crippen LogP contribution in [0.1, 0.15) is 17.0 Å². The SMILES string of the molecule is CSc1ccc(C(C=O)c2ccccc2O)cc1. The molecule has 0 aromatic heterocycles. The summed E-state index contributed by atoms with van der Waals surface area (Å²) in [5.41, 5.74) is 1.54. The molecular weight excluding hydrogens is 244 g/mol. The van der Waals surface area contributed by atoms with E-state index in [1.165, 1.54) is 0 Å². The summed E-state index contributed by atoms with van der Waals surface area (Å²) in [6.45, 7) is 0. The Hall–Kier alpha value is -1.74. The van der Waals surface area contributed by atoms with Crippen molar-refractivity contribution in [3.05, 3.63) is 59.7 Å². The second-order valence-corrected chi connectivity index (χ2v) is 4.83. The number of para-hydroxylation sites is 1. The predicted molar refractivity (Wildman–Crippen MR) is 74.2 cm³/mol. The molecule has 2 rings (SSSR count). The van der Waals surface area contributed by atoms with E-state index in [0.29, 0.717) is 5.56 Å². The second kappa shape index (κ2) is 5.74. The summed E-state index contributed by atoms with van der Waals surface area (Å²) < 4.78 is 0. The average molecular weight is 258 g/mol. The fourth-order valence-electron chi connectivity index (χ4n) is 1.89. The Morgan fingerprint density at radius 1 is 1.11 bits per heavy atom. The number of rotatable bonds is 4. The first-order chi connectivity index (χ1) is 8.76. The zero-order valence-electron chi connectivity index (χ0n) is 10.0. The van der Waals surface area contributed by atoms with Crippen molar-refractivity contribution in [3.8, 4) is 5.75 Å². The van der Waals surface area contributed by atoms with Crippen molar-refractivity contribution in [2.75, 3.05) is 6.26 Å². The summed E-state index contributed by atoms with van der Waals surface area (Å²) in [5.74, 6) is -0.259. The molecule has 0 heterocycles. The van der Waals surface area contributed by atoms with Gasteiger partial charge >= 0.3 is 0 Å². The molecule has 0 saturated carbocycles. The van der Waals surface area contributed by atoms with Crippen LogP contribution in [0.2, 0.25) is 0 Å². The third kappa shape index (κ3) is 2.57. The number of benzene rings is 2. The average Bonchev–Trinajstić information content (AvgIpc) is 2.42. The van der Waals surface area contributed by atoms with Crippen LogP contribution in [-0.2, 0) is 4.79 Å². The molecule has 0 amide bonds. The van der Waals surface area contributed by atoms with Crippen LogP contribution >= 0.6 is 11.8 Å². The lowest BCUT2D eigenvalue weighted by Crippen LogP contribution is -2.02. The lowest BCUT2D eigenvalue weighted by atomic mass is 9.92. The summed E-state index contributed by atoms with van der Waals surface area (Å²) >= 11 is 1.66. The minimum Gasteiger partial charge on any atom is -0.508 e. The maximum atomic E-state index is 11.3. The van der Waals surface area contributed by atoms with Gasteiger partial charge in [-0.3, -0.25) is 0 Å². The van der Waals surface area contributed by atoms with Crippen LogP contribution < -0.4 is 0 Å². The van der Waals surface area contributed by atoms with Crippen LogP contribution in [0, 0.1) is 0 Å². The van der Waals surface area contributed by atoms with Gasteiger partial charge in [0.2, 0.25) is 0 Å². The summed E-state index contributed by atoms with van der Waals surface area (Å²) in [6.07, 6.45) is 2.87. The van der Waals surface area contributed by atoms with E-state index in [-0.39, 0.29) is 5.75 Å². The Morgan fingerprint density at radius 2 is 1.78 bits per heavy atom. The Kier molecular flexibility index (Phi) is 4.05. The van der Waals surface area contributed by atoms with Crippen LogP contribution in [-0.4, -0.2) is 17.6 Å². The third-order valence-corrected chi connectivity index (χ3v) is 3.63. The molecule has 0 aliphatic carbocycles. The Balaban J connectivity index is 2.39. The van der Waals surface area contributed by atoms with Crippen molar-refractivity contribution < 1.29 is 9.90 Å². The minimum absolute atomic E-state index is 0.156. The van der Waals surface area contributed by atoms with Gasteiger partial charge in [-0.25, -0.2) is 0 Å². The molecule has 2 aromatic carbocycles. The van der Waals surface area contributed by atoms with Crippen LogP contribution in [0.4, 0.5) is 0 Å². The highest BCUT2D eigenvalue weighted by Gasteiger charge is 2.16.